The van der Waals surface area contributed by atoms with E-state index in [1.165, 1.54) is 0 Å². The maximum Gasteiger partial charge on any atom is 0.236 e. The lowest BCUT2D eigenvalue weighted by Gasteiger charge is -2.11. The van der Waals surface area contributed by atoms with Crippen LogP contribution < -0.4 is 16.4 Å². The Morgan fingerprint density at radius 1 is 1.24 bits per heavy atom. The van der Waals surface area contributed by atoms with Gasteiger partial charge < -0.3 is 16.4 Å². The second-order valence-electron chi connectivity index (χ2n) is 4.63. The number of hydrogen-bond acceptors (Lipinski definition) is 3. The summed E-state index contributed by atoms with van der Waals surface area (Å²) >= 11 is 0. The third-order valence-corrected chi connectivity index (χ3v) is 2.30. The molecule has 0 bridgehead atoms. The summed E-state index contributed by atoms with van der Waals surface area (Å²) in [7, 11) is 0. The first kappa shape index (κ1) is 15.9. The normalized spacial score (nSPS) is 12.3. The molecule has 0 spiro atoms. The van der Waals surface area contributed by atoms with Gasteiger partial charge in [-0.2, -0.15) is 0 Å². The van der Waals surface area contributed by atoms with Crippen LogP contribution in [0.25, 0.3) is 0 Å². The molecule has 0 aromatic carbocycles. The smallest absolute Gasteiger partial charge is 0.236 e. The standard InChI is InChI=1S/C12H25N3O2/c1-4-5-10(13)12(17)14-7-6-11(16)15-8-9(2)3/h9-10H,4-8,13H2,1-3H3,(H,14,17)(H,15,16)/t10-/m1/s1. The first-order valence-corrected chi connectivity index (χ1v) is 6.27. The van der Waals surface area contributed by atoms with Crippen molar-refractivity contribution >= 4 is 11.8 Å². The maximum atomic E-state index is 11.4. The molecule has 0 aliphatic rings. The zero-order chi connectivity index (χ0) is 13.3. The lowest BCUT2D eigenvalue weighted by Crippen LogP contribution is -2.42. The summed E-state index contributed by atoms with van der Waals surface area (Å²) < 4.78 is 0. The Bertz CT molecular complexity index is 242. The van der Waals surface area contributed by atoms with Crippen LogP contribution in [-0.2, 0) is 9.59 Å². The van der Waals surface area contributed by atoms with E-state index in [4.69, 9.17) is 5.73 Å². The van der Waals surface area contributed by atoms with Gasteiger partial charge in [0.15, 0.2) is 0 Å². The fourth-order valence-corrected chi connectivity index (χ4v) is 1.28. The van der Waals surface area contributed by atoms with Gasteiger partial charge in [0.2, 0.25) is 11.8 Å². The summed E-state index contributed by atoms with van der Waals surface area (Å²) in [5.74, 6) is 0.220. The molecular weight excluding hydrogens is 218 g/mol. The van der Waals surface area contributed by atoms with E-state index in [0.717, 1.165) is 6.42 Å². The topological polar surface area (TPSA) is 84.2 Å². The Morgan fingerprint density at radius 2 is 1.88 bits per heavy atom. The molecule has 0 aliphatic heterocycles. The van der Waals surface area contributed by atoms with Crippen molar-refractivity contribution < 1.29 is 9.59 Å². The molecule has 0 rings (SSSR count). The minimum absolute atomic E-state index is 0.0388. The highest BCUT2D eigenvalue weighted by atomic mass is 16.2. The molecular formula is C12H25N3O2. The minimum atomic E-state index is -0.460. The van der Waals surface area contributed by atoms with Crippen molar-refractivity contribution in [2.45, 2.75) is 46.1 Å². The van der Waals surface area contributed by atoms with Crippen molar-refractivity contribution in [2.24, 2.45) is 11.7 Å². The lowest BCUT2D eigenvalue weighted by atomic mass is 10.1. The molecule has 0 unspecified atom stereocenters. The van der Waals surface area contributed by atoms with E-state index >= 15 is 0 Å². The van der Waals surface area contributed by atoms with Crippen LogP contribution in [0.3, 0.4) is 0 Å². The van der Waals surface area contributed by atoms with Crippen molar-refractivity contribution in [1.82, 2.24) is 10.6 Å². The third-order valence-electron chi connectivity index (χ3n) is 2.30. The van der Waals surface area contributed by atoms with Crippen LogP contribution >= 0.6 is 0 Å². The lowest BCUT2D eigenvalue weighted by molar-refractivity contribution is -0.123. The largest absolute Gasteiger partial charge is 0.356 e. The first-order valence-electron chi connectivity index (χ1n) is 6.27. The zero-order valence-corrected chi connectivity index (χ0v) is 11.1. The maximum absolute atomic E-state index is 11.4. The van der Waals surface area contributed by atoms with Gasteiger partial charge in [-0.15, -0.1) is 0 Å². The second kappa shape index (κ2) is 8.98. The predicted octanol–water partition coefficient (Wildman–Crippen LogP) is 0.392. The van der Waals surface area contributed by atoms with E-state index in [0.29, 0.717) is 31.8 Å². The van der Waals surface area contributed by atoms with Crippen molar-refractivity contribution in [3.05, 3.63) is 0 Å². The third kappa shape index (κ3) is 8.68. The minimum Gasteiger partial charge on any atom is -0.356 e. The summed E-state index contributed by atoms with van der Waals surface area (Å²) in [6.45, 7) is 7.06. The highest BCUT2D eigenvalue weighted by Gasteiger charge is 2.11. The Balaban J connectivity index is 3.62. The highest BCUT2D eigenvalue weighted by Crippen LogP contribution is 1.93. The van der Waals surface area contributed by atoms with Gasteiger partial charge in [0.1, 0.15) is 0 Å². The number of carbonyl (C=O) groups is 2. The van der Waals surface area contributed by atoms with Crippen molar-refractivity contribution in [2.75, 3.05) is 13.1 Å². The second-order valence-corrected chi connectivity index (χ2v) is 4.63. The number of amides is 2. The van der Waals surface area contributed by atoms with Gasteiger partial charge in [-0.3, -0.25) is 9.59 Å². The number of hydrogen-bond donors (Lipinski definition) is 3. The molecule has 17 heavy (non-hydrogen) atoms. The van der Waals surface area contributed by atoms with Crippen LogP contribution in [0, 0.1) is 5.92 Å². The van der Waals surface area contributed by atoms with Crippen LogP contribution in [0.5, 0.6) is 0 Å². The summed E-state index contributed by atoms with van der Waals surface area (Å²) in [6.07, 6.45) is 1.85. The Hall–Kier alpha value is -1.10. The SMILES string of the molecule is CCC[C@@H](N)C(=O)NCCC(=O)NCC(C)C. The molecule has 0 saturated heterocycles. The van der Waals surface area contributed by atoms with E-state index in [1.54, 1.807) is 0 Å². The average Bonchev–Trinajstić information content (AvgIpc) is 2.26. The van der Waals surface area contributed by atoms with Crippen LogP contribution in [0.1, 0.15) is 40.0 Å². The Morgan fingerprint density at radius 3 is 2.41 bits per heavy atom. The van der Waals surface area contributed by atoms with Gasteiger partial charge in [0, 0.05) is 19.5 Å². The predicted molar refractivity (Wildman–Crippen MR) is 68.4 cm³/mol. The molecule has 5 nitrogen and oxygen atoms in total. The van der Waals surface area contributed by atoms with E-state index in [9.17, 15) is 9.59 Å². The summed E-state index contributed by atoms with van der Waals surface area (Å²) in [6, 6.07) is -0.460. The van der Waals surface area contributed by atoms with Gasteiger partial charge in [0.25, 0.3) is 0 Å². The molecule has 0 radical (unpaired) electrons. The molecule has 0 fully saturated rings. The number of nitrogens with two attached hydrogens (primary N) is 1. The van der Waals surface area contributed by atoms with Crippen molar-refractivity contribution in [3.63, 3.8) is 0 Å². The van der Waals surface area contributed by atoms with Gasteiger partial charge in [-0.25, -0.2) is 0 Å². The van der Waals surface area contributed by atoms with Crippen LogP contribution in [0.4, 0.5) is 0 Å². The van der Waals surface area contributed by atoms with Crippen molar-refractivity contribution in [1.29, 1.82) is 0 Å². The van der Waals surface area contributed by atoms with Gasteiger partial charge in [-0.05, 0) is 12.3 Å². The number of rotatable bonds is 8. The number of nitrogens with one attached hydrogen (secondary N) is 2. The van der Waals surface area contributed by atoms with Crippen LogP contribution in [-0.4, -0.2) is 30.9 Å². The van der Waals surface area contributed by atoms with E-state index in [2.05, 4.69) is 10.6 Å². The van der Waals surface area contributed by atoms with E-state index in [-0.39, 0.29) is 11.8 Å². The fraction of sp³-hybridized carbons (Fsp3) is 0.833. The molecule has 0 aromatic rings. The molecule has 1 atom stereocenters. The molecule has 100 valence electrons. The Kier molecular flexibility index (Phi) is 8.40. The van der Waals surface area contributed by atoms with Gasteiger partial charge >= 0.3 is 0 Å². The Labute approximate surface area is 104 Å². The molecule has 0 aliphatic carbocycles. The van der Waals surface area contributed by atoms with E-state index < -0.39 is 6.04 Å². The van der Waals surface area contributed by atoms with Crippen LogP contribution in [0.2, 0.25) is 0 Å². The summed E-state index contributed by atoms with van der Waals surface area (Å²) in [5.41, 5.74) is 5.63. The van der Waals surface area contributed by atoms with E-state index in [1.807, 2.05) is 20.8 Å². The quantitative estimate of drug-likeness (QED) is 0.576. The molecule has 2 amide bonds. The zero-order valence-electron chi connectivity index (χ0n) is 11.1. The molecule has 0 saturated carbocycles. The fourth-order valence-electron chi connectivity index (χ4n) is 1.28. The van der Waals surface area contributed by atoms with Gasteiger partial charge in [0.05, 0.1) is 6.04 Å². The monoisotopic (exact) mass is 243 g/mol. The summed E-state index contributed by atoms with van der Waals surface area (Å²) in [5, 5.41) is 5.45. The molecule has 4 N–H and O–H groups in total. The van der Waals surface area contributed by atoms with Crippen molar-refractivity contribution in [3.8, 4) is 0 Å². The first-order chi connectivity index (χ1) is 7.97. The van der Waals surface area contributed by atoms with Gasteiger partial charge in [-0.1, -0.05) is 27.2 Å². The number of carbonyl (C=O) groups excluding carboxylic acids is 2. The molecule has 5 heteroatoms. The molecule has 0 heterocycles. The average molecular weight is 243 g/mol. The molecule has 0 aromatic heterocycles. The van der Waals surface area contributed by atoms with Crippen LogP contribution in [0.15, 0.2) is 0 Å². The highest BCUT2D eigenvalue weighted by molar-refractivity contribution is 5.82. The summed E-state index contributed by atoms with van der Waals surface area (Å²) in [4.78, 5) is 22.7.